The van der Waals surface area contributed by atoms with Crippen molar-refractivity contribution in [2.45, 2.75) is 13.5 Å². The highest BCUT2D eigenvalue weighted by atomic mass is 32.1. The molecule has 0 aromatic carbocycles. The lowest BCUT2D eigenvalue weighted by atomic mass is 10.2. The van der Waals surface area contributed by atoms with Crippen LogP contribution in [-0.2, 0) is 11.3 Å². The molecular weight excluding hydrogens is 266 g/mol. The Hall–Kier alpha value is -2.15. The molecule has 0 aliphatic heterocycles. The fourth-order valence-corrected chi connectivity index (χ4v) is 2.08. The number of thiazole rings is 1. The van der Waals surface area contributed by atoms with Crippen molar-refractivity contribution in [1.82, 2.24) is 9.97 Å². The maximum Gasteiger partial charge on any atom is 0.341 e. The summed E-state index contributed by atoms with van der Waals surface area (Å²) < 4.78 is 4.95. The van der Waals surface area contributed by atoms with Gasteiger partial charge >= 0.3 is 10.8 Å². The normalized spacial score (nSPS) is 10.2. The van der Waals surface area contributed by atoms with E-state index in [9.17, 15) is 9.59 Å². The molecule has 2 N–H and O–H groups in total. The van der Waals surface area contributed by atoms with Crippen LogP contribution in [0.2, 0.25) is 0 Å². The van der Waals surface area contributed by atoms with E-state index in [4.69, 9.17) is 4.74 Å². The second kappa shape index (κ2) is 6.14. The number of carbonyl (C=O) groups excluding carboxylic acids is 1. The van der Waals surface area contributed by atoms with Gasteiger partial charge < -0.3 is 15.0 Å². The fourth-order valence-electron chi connectivity index (χ4n) is 1.50. The first kappa shape index (κ1) is 13.3. The lowest BCUT2D eigenvalue weighted by Gasteiger charge is -2.09. The molecule has 0 aliphatic carbocycles. The quantitative estimate of drug-likeness (QED) is 0.812. The number of esters is 1. The van der Waals surface area contributed by atoms with Gasteiger partial charge in [0.05, 0.1) is 13.2 Å². The Morgan fingerprint density at radius 3 is 3.11 bits per heavy atom. The van der Waals surface area contributed by atoms with Crippen molar-refractivity contribution in [3.63, 3.8) is 0 Å². The molecule has 0 spiro atoms. The molecule has 0 fully saturated rings. The third-order valence-corrected chi connectivity index (χ3v) is 3.04. The maximum absolute atomic E-state index is 11.7. The zero-order chi connectivity index (χ0) is 13.7. The number of nitrogens with one attached hydrogen (secondary N) is 2. The topological polar surface area (TPSA) is 84.1 Å². The maximum atomic E-state index is 11.7. The molecule has 0 aliphatic rings. The summed E-state index contributed by atoms with van der Waals surface area (Å²) in [5.74, 6) is 0.0184. The summed E-state index contributed by atoms with van der Waals surface area (Å²) in [6, 6.07) is 3.31. The minimum atomic E-state index is -0.420. The molecule has 0 bridgehead atoms. The van der Waals surface area contributed by atoms with E-state index < -0.39 is 5.97 Å². The Labute approximate surface area is 113 Å². The van der Waals surface area contributed by atoms with Gasteiger partial charge in [-0.15, -0.1) is 0 Å². The van der Waals surface area contributed by atoms with Gasteiger partial charge in [-0.25, -0.2) is 9.78 Å². The van der Waals surface area contributed by atoms with E-state index in [2.05, 4.69) is 15.3 Å². The van der Waals surface area contributed by atoms with E-state index in [1.54, 1.807) is 30.6 Å². The van der Waals surface area contributed by atoms with Crippen molar-refractivity contribution < 1.29 is 9.53 Å². The number of H-pyrrole nitrogens is 1. The smallest absolute Gasteiger partial charge is 0.341 e. The standard InChI is InChI=1S/C12H13N3O3S/c1-2-18-11(16)9-4-3-5-13-10(9)14-6-8-7-19-12(17)15-8/h3-5,7H,2,6H2,1H3,(H,13,14)(H,15,17). The SMILES string of the molecule is CCOC(=O)c1cccnc1NCc1csc(=O)[nH]1. The van der Waals surface area contributed by atoms with Gasteiger partial charge in [-0.05, 0) is 19.1 Å². The molecule has 2 aromatic rings. The first-order valence-electron chi connectivity index (χ1n) is 5.73. The number of ether oxygens (including phenoxy) is 1. The number of aromatic nitrogens is 2. The van der Waals surface area contributed by atoms with E-state index in [0.717, 1.165) is 17.0 Å². The van der Waals surface area contributed by atoms with Gasteiger partial charge in [0.1, 0.15) is 11.4 Å². The first-order valence-corrected chi connectivity index (χ1v) is 6.61. The molecule has 0 atom stereocenters. The Bertz CT molecular complexity index is 620. The monoisotopic (exact) mass is 279 g/mol. The number of anilines is 1. The van der Waals surface area contributed by atoms with Crippen molar-refractivity contribution in [1.29, 1.82) is 0 Å². The predicted molar refractivity (Wildman–Crippen MR) is 72.5 cm³/mol. The molecule has 6 nitrogen and oxygen atoms in total. The number of rotatable bonds is 5. The van der Waals surface area contributed by atoms with Gasteiger partial charge in [0.25, 0.3) is 0 Å². The highest BCUT2D eigenvalue weighted by molar-refractivity contribution is 7.07. The van der Waals surface area contributed by atoms with Crippen molar-refractivity contribution in [3.8, 4) is 0 Å². The number of hydrogen-bond donors (Lipinski definition) is 2. The summed E-state index contributed by atoms with van der Waals surface area (Å²) in [7, 11) is 0. The van der Waals surface area contributed by atoms with Crippen LogP contribution in [0.25, 0.3) is 0 Å². The lowest BCUT2D eigenvalue weighted by Crippen LogP contribution is -2.11. The van der Waals surface area contributed by atoms with Gasteiger partial charge in [0, 0.05) is 17.3 Å². The Kier molecular flexibility index (Phi) is 4.30. The van der Waals surface area contributed by atoms with E-state index in [-0.39, 0.29) is 4.87 Å². The molecule has 2 aromatic heterocycles. The van der Waals surface area contributed by atoms with E-state index >= 15 is 0 Å². The summed E-state index contributed by atoms with van der Waals surface area (Å²) in [6.45, 7) is 2.45. The van der Waals surface area contributed by atoms with Crippen molar-refractivity contribution in [2.24, 2.45) is 0 Å². The van der Waals surface area contributed by atoms with Gasteiger partial charge in [0.2, 0.25) is 0 Å². The Morgan fingerprint density at radius 1 is 1.58 bits per heavy atom. The second-order valence-electron chi connectivity index (χ2n) is 3.65. The van der Waals surface area contributed by atoms with Gasteiger partial charge in [-0.2, -0.15) is 0 Å². The zero-order valence-corrected chi connectivity index (χ0v) is 11.1. The number of pyridine rings is 1. The van der Waals surface area contributed by atoms with Crippen LogP contribution in [0, 0.1) is 0 Å². The molecule has 0 saturated carbocycles. The second-order valence-corrected chi connectivity index (χ2v) is 4.49. The average molecular weight is 279 g/mol. The first-order chi connectivity index (χ1) is 9.20. The largest absolute Gasteiger partial charge is 0.462 e. The predicted octanol–water partition coefficient (Wildman–Crippen LogP) is 1.62. The van der Waals surface area contributed by atoms with Crippen LogP contribution in [0.5, 0.6) is 0 Å². The number of nitrogens with zero attached hydrogens (tertiary/aromatic N) is 1. The highest BCUT2D eigenvalue weighted by Gasteiger charge is 2.12. The lowest BCUT2D eigenvalue weighted by molar-refractivity contribution is 0.0527. The molecule has 19 heavy (non-hydrogen) atoms. The molecule has 0 saturated heterocycles. The number of carbonyl (C=O) groups is 1. The van der Waals surface area contributed by atoms with Gasteiger partial charge in [-0.3, -0.25) is 4.79 Å². The van der Waals surface area contributed by atoms with Crippen molar-refractivity contribution in [3.05, 3.63) is 44.6 Å². The summed E-state index contributed by atoms with van der Waals surface area (Å²) >= 11 is 1.10. The Balaban J connectivity index is 2.11. The molecule has 0 amide bonds. The number of aromatic amines is 1. The van der Waals surface area contributed by atoms with E-state index in [0.29, 0.717) is 24.5 Å². The summed E-state index contributed by atoms with van der Waals surface area (Å²) in [5.41, 5.74) is 1.12. The van der Waals surface area contributed by atoms with Crippen molar-refractivity contribution >= 4 is 23.1 Å². The van der Waals surface area contributed by atoms with E-state index in [1.165, 1.54) is 0 Å². The van der Waals surface area contributed by atoms with Gasteiger partial charge in [-0.1, -0.05) is 11.3 Å². The van der Waals surface area contributed by atoms with E-state index in [1.807, 2.05) is 0 Å². The average Bonchev–Trinajstić information content (AvgIpc) is 2.83. The van der Waals surface area contributed by atoms with Crippen LogP contribution >= 0.6 is 11.3 Å². The summed E-state index contributed by atoms with van der Waals surface area (Å²) in [4.78, 5) is 29.4. The van der Waals surface area contributed by atoms with Crippen LogP contribution in [0.3, 0.4) is 0 Å². The molecule has 100 valence electrons. The molecule has 2 heterocycles. The molecule has 0 radical (unpaired) electrons. The third-order valence-electron chi connectivity index (χ3n) is 2.32. The molecular formula is C12H13N3O3S. The van der Waals surface area contributed by atoms with Crippen LogP contribution in [0.4, 0.5) is 5.82 Å². The van der Waals surface area contributed by atoms with Crippen molar-refractivity contribution in [2.75, 3.05) is 11.9 Å². The molecule has 7 heteroatoms. The minimum absolute atomic E-state index is 0.108. The van der Waals surface area contributed by atoms with Crippen LogP contribution in [0.15, 0.2) is 28.5 Å². The Morgan fingerprint density at radius 2 is 2.42 bits per heavy atom. The van der Waals surface area contributed by atoms with Gasteiger partial charge in [0.15, 0.2) is 0 Å². The third kappa shape index (κ3) is 3.41. The summed E-state index contributed by atoms with van der Waals surface area (Å²) in [6.07, 6.45) is 1.58. The number of hydrogen-bond acceptors (Lipinski definition) is 6. The summed E-state index contributed by atoms with van der Waals surface area (Å²) in [5, 5.41) is 4.73. The van der Waals surface area contributed by atoms with Crippen LogP contribution < -0.4 is 10.2 Å². The van der Waals surface area contributed by atoms with Crippen LogP contribution in [-0.4, -0.2) is 22.5 Å². The minimum Gasteiger partial charge on any atom is -0.462 e. The highest BCUT2D eigenvalue weighted by Crippen LogP contribution is 2.13. The fraction of sp³-hybridized carbons (Fsp3) is 0.250. The molecule has 0 unspecified atom stereocenters. The molecule has 2 rings (SSSR count). The van der Waals surface area contributed by atoms with Crippen LogP contribution in [0.1, 0.15) is 23.0 Å². The zero-order valence-electron chi connectivity index (χ0n) is 10.3.